The van der Waals surface area contributed by atoms with Crippen LogP contribution in [0.15, 0.2) is 47.1 Å². The molecule has 0 heterocycles. The number of benzene rings is 1. The quantitative estimate of drug-likeness (QED) is 0.421. The van der Waals surface area contributed by atoms with Gasteiger partial charge in [0.15, 0.2) is 0 Å². The summed E-state index contributed by atoms with van der Waals surface area (Å²) in [4.78, 5) is 11.6. The Balaban J connectivity index is 2.66. The van der Waals surface area contributed by atoms with Crippen molar-refractivity contribution in [2.45, 2.75) is 0 Å². The minimum absolute atomic E-state index is 0.152. The number of carbonyl (C=O) groups excluding carboxylic acids is 1. The first-order valence-electron chi connectivity index (χ1n) is 4.26. The Morgan fingerprint density at radius 3 is 2.75 bits per heavy atom. The van der Waals surface area contributed by atoms with E-state index in [1.807, 2.05) is 0 Å². The molecular weight excluding hydrogens is 230 g/mol. The number of hydrogen-bond acceptors (Lipinski definition) is 3. The van der Waals surface area contributed by atoms with Crippen molar-refractivity contribution in [1.82, 2.24) is 10.7 Å². The van der Waals surface area contributed by atoms with E-state index in [1.165, 1.54) is 0 Å². The van der Waals surface area contributed by atoms with Crippen LogP contribution >= 0.6 is 11.6 Å². The molecule has 0 saturated carbocycles. The number of hydrogen-bond donors (Lipinski definition) is 3. The fourth-order valence-electron chi connectivity index (χ4n) is 0.967. The summed E-state index contributed by atoms with van der Waals surface area (Å²) in [6.45, 7) is 3.49. The van der Waals surface area contributed by atoms with Crippen LogP contribution in [0.4, 0.5) is 0 Å². The van der Waals surface area contributed by atoms with Crippen LogP contribution in [-0.2, 0) is 0 Å². The summed E-state index contributed by atoms with van der Waals surface area (Å²) in [6.07, 6.45) is 0. The lowest BCUT2D eigenvalue weighted by atomic mass is 10.2. The first-order chi connectivity index (χ1) is 7.65. The number of carbonyl (C=O) groups is 1. The van der Waals surface area contributed by atoms with Gasteiger partial charge in [-0.3, -0.25) is 4.79 Å². The molecule has 0 fully saturated rings. The zero-order valence-corrected chi connectivity index (χ0v) is 9.03. The van der Waals surface area contributed by atoms with Crippen LogP contribution in [0.25, 0.3) is 0 Å². The molecule has 0 aromatic heterocycles. The fraction of sp³-hybridized carbons (Fsp3) is 0. The van der Waals surface area contributed by atoms with Crippen LogP contribution < -0.4 is 16.6 Å². The van der Waals surface area contributed by atoms with Crippen LogP contribution in [0.5, 0.6) is 0 Å². The molecule has 16 heavy (non-hydrogen) atoms. The summed E-state index contributed by atoms with van der Waals surface area (Å²) in [5.41, 5.74) is 2.66. The Kier molecular flexibility index (Phi) is 4.28. The van der Waals surface area contributed by atoms with Gasteiger partial charge < -0.3 is 11.2 Å². The van der Waals surface area contributed by atoms with E-state index in [2.05, 4.69) is 27.8 Å². The van der Waals surface area contributed by atoms with Gasteiger partial charge in [0.05, 0.1) is 10.6 Å². The number of nitrogens with zero attached hydrogens (tertiary/aromatic N) is 2. The van der Waals surface area contributed by atoms with Gasteiger partial charge in [-0.05, 0) is 12.1 Å². The van der Waals surface area contributed by atoms with Gasteiger partial charge in [-0.15, -0.1) is 0 Å². The van der Waals surface area contributed by atoms with Crippen LogP contribution in [0.1, 0.15) is 10.4 Å². The zero-order chi connectivity index (χ0) is 12.0. The van der Waals surface area contributed by atoms with E-state index in [0.29, 0.717) is 10.6 Å². The fourth-order valence-corrected chi connectivity index (χ4v) is 1.19. The van der Waals surface area contributed by atoms with Crippen molar-refractivity contribution in [2.24, 2.45) is 16.3 Å². The van der Waals surface area contributed by atoms with Crippen molar-refractivity contribution in [3.05, 3.63) is 47.3 Å². The predicted octanol–water partition coefficient (Wildman–Crippen LogP) is 1.37. The molecule has 0 bridgehead atoms. The normalized spacial score (nSPS) is 10.1. The van der Waals surface area contributed by atoms with Gasteiger partial charge in [0, 0.05) is 0 Å². The summed E-state index contributed by atoms with van der Waals surface area (Å²) < 4.78 is 0. The van der Waals surface area contributed by atoms with Crippen LogP contribution in [0, 0.1) is 0 Å². The highest BCUT2D eigenvalue weighted by atomic mass is 35.5. The van der Waals surface area contributed by atoms with E-state index < -0.39 is 5.91 Å². The van der Waals surface area contributed by atoms with Gasteiger partial charge in [0.2, 0.25) is 0 Å². The Labute approximate surface area is 97.1 Å². The first-order valence-corrected chi connectivity index (χ1v) is 4.63. The monoisotopic (exact) mass is 239 g/mol. The largest absolute Gasteiger partial charge is 0.307 e. The lowest BCUT2D eigenvalue weighted by Gasteiger charge is -2.07. The number of amides is 1. The molecule has 1 aromatic rings. The van der Waals surface area contributed by atoms with E-state index >= 15 is 0 Å². The third kappa shape index (κ3) is 3.25. The number of nitrogens with two attached hydrogens (primary N) is 1. The van der Waals surface area contributed by atoms with Crippen molar-refractivity contribution in [3.8, 4) is 0 Å². The Hall–Kier alpha value is -2.08. The van der Waals surface area contributed by atoms with Gasteiger partial charge in [-0.1, -0.05) is 40.8 Å². The molecule has 0 aliphatic heterocycles. The summed E-state index contributed by atoms with van der Waals surface area (Å²) in [6, 6.07) is 6.65. The average molecular weight is 240 g/mol. The second-order valence-corrected chi connectivity index (χ2v) is 3.15. The van der Waals surface area contributed by atoms with Crippen molar-refractivity contribution < 1.29 is 4.79 Å². The van der Waals surface area contributed by atoms with Gasteiger partial charge in [-0.2, -0.15) is 0 Å². The van der Waals surface area contributed by atoms with Gasteiger partial charge >= 0.3 is 0 Å². The topological polar surface area (TPSA) is 91.9 Å². The van der Waals surface area contributed by atoms with Crippen LogP contribution in [0.3, 0.4) is 0 Å². The van der Waals surface area contributed by atoms with Crippen molar-refractivity contribution in [3.63, 3.8) is 0 Å². The highest BCUT2D eigenvalue weighted by Crippen LogP contribution is 2.14. The summed E-state index contributed by atoms with van der Waals surface area (Å²) >= 11 is 5.83. The van der Waals surface area contributed by atoms with Crippen molar-refractivity contribution >= 4 is 17.5 Å². The minimum atomic E-state index is -0.393. The highest BCUT2D eigenvalue weighted by Gasteiger charge is 2.09. The Morgan fingerprint density at radius 2 is 2.12 bits per heavy atom. The molecule has 7 heteroatoms. The maximum absolute atomic E-state index is 11.6. The predicted molar refractivity (Wildman–Crippen MR) is 60.2 cm³/mol. The highest BCUT2D eigenvalue weighted by molar-refractivity contribution is 6.33. The molecule has 0 atom stereocenters. The molecule has 0 unspecified atom stereocenters. The number of halogens is 1. The molecule has 1 amide bonds. The molecule has 84 valence electrons. The van der Waals surface area contributed by atoms with Crippen molar-refractivity contribution in [1.29, 1.82) is 0 Å². The summed E-state index contributed by atoms with van der Waals surface area (Å²) in [7, 11) is 0. The standard InChI is InChI=1S/C9H10ClN5O/c1-6(13-15-14-11)12-9(16)7-4-2-3-5-8(7)10/h2-5H,1H2,(H2,11,15)(H,12,16)(H,13,14). The van der Waals surface area contributed by atoms with E-state index in [9.17, 15) is 4.79 Å². The molecule has 1 aromatic carbocycles. The van der Waals surface area contributed by atoms with Gasteiger partial charge in [0.1, 0.15) is 5.82 Å². The molecule has 6 nitrogen and oxygen atoms in total. The maximum atomic E-state index is 11.6. The number of nitrogens with one attached hydrogen (secondary N) is 2. The maximum Gasteiger partial charge on any atom is 0.258 e. The average Bonchev–Trinajstić information content (AvgIpc) is 2.26. The Morgan fingerprint density at radius 1 is 1.44 bits per heavy atom. The summed E-state index contributed by atoms with van der Waals surface area (Å²) in [5, 5.41) is 8.98. The van der Waals surface area contributed by atoms with Gasteiger partial charge in [0.25, 0.3) is 5.91 Å². The molecule has 4 N–H and O–H groups in total. The number of rotatable bonds is 4. The molecule has 0 saturated heterocycles. The molecule has 1 rings (SSSR count). The van der Waals surface area contributed by atoms with E-state index in [0.717, 1.165) is 0 Å². The van der Waals surface area contributed by atoms with Crippen LogP contribution in [-0.4, -0.2) is 5.91 Å². The SMILES string of the molecule is C=C(N/N=N\N)NC(=O)c1ccccc1Cl. The van der Waals surface area contributed by atoms with Crippen molar-refractivity contribution in [2.75, 3.05) is 0 Å². The summed E-state index contributed by atoms with van der Waals surface area (Å²) in [5.74, 6) is 4.52. The zero-order valence-electron chi connectivity index (χ0n) is 8.27. The van der Waals surface area contributed by atoms with Crippen LogP contribution in [0.2, 0.25) is 5.02 Å². The first kappa shape index (κ1) is 12.0. The smallest absolute Gasteiger partial charge is 0.258 e. The Bertz CT molecular complexity index is 432. The molecule has 0 spiro atoms. The van der Waals surface area contributed by atoms with E-state index in [4.69, 9.17) is 17.4 Å². The minimum Gasteiger partial charge on any atom is -0.307 e. The third-order valence-electron chi connectivity index (χ3n) is 1.63. The third-order valence-corrected chi connectivity index (χ3v) is 1.96. The van der Waals surface area contributed by atoms with Gasteiger partial charge in [-0.25, -0.2) is 5.43 Å². The second-order valence-electron chi connectivity index (χ2n) is 2.74. The molecule has 0 aliphatic carbocycles. The lowest BCUT2D eigenvalue weighted by Crippen LogP contribution is -2.28. The molecule has 0 aliphatic rings. The molecular formula is C9H10ClN5O. The lowest BCUT2D eigenvalue weighted by molar-refractivity contribution is 0.0963. The molecule has 0 radical (unpaired) electrons. The second kappa shape index (κ2) is 5.72. The van der Waals surface area contributed by atoms with E-state index in [-0.39, 0.29) is 5.82 Å². The van der Waals surface area contributed by atoms with E-state index in [1.54, 1.807) is 24.3 Å².